The van der Waals surface area contributed by atoms with Crippen LogP contribution in [0.5, 0.6) is 0 Å². The molecule has 2 aromatic heterocycles. The predicted molar refractivity (Wildman–Crippen MR) is 110 cm³/mol. The van der Waals surface area contributed by atoms with Crippen molar-refractivity contribution < 1.29 is 13.2 Å². The number of nitrogens with zero attached hydrogens (tertiary/aromatic N) is 3. The van der Waals surface area contributed by atoms with Crippen LogP contribution in [0.3, 0.4) is 0 Å². The Hall–Kier alpha value is -3.33. The molecule has 0 saturated heterocycles. The molecule has 0 unspecified atom stereocenters. The molecule has 0 aliphatic heterocycles. The van der Waals surface area contributed by atoms with E-state index in [4.69, 9.17) is 5.73 Å². The molecule has 1 fully saturated rings. The second-order valence-corrected chi connectivity index (χ2v) is 8.90. The zero-order valence-electron chi connectivity index (χ0n) is 15.7. The normalized spacial score (nSPS) is 13.8. The first-order valence-corrected chi connectivity index (χ1v) is 10.6. The molecule has 1 saturated carbocycles. The van der Waals surface area contributed by atoms with E-state index in [1.165, 1.54) is 12.4 Å². The first-order chi connectivity index (χ1) is 13.8. The highest BCUT2D eigenvalue weighted by molar-refractivity contribution is 7.93. The molecule has 0 bridgehead atoms. The number of benzene rings is 1. The molecule has 4 rings (SSSR count). The van der Waals surface area contributed by atoms with E-state index in [-0.39, 0.29) is 22.5 Å². The summed E-state index contributed by atoms with van der Waals surface area (Å²) in [5.74, 6) is -0.362. The monoisotopic (exact) mass is 409 g/mol. The molecule has 3 aromatic rings. The van der Waals surface area contributed by atoms with E-state index in [0.717, 1.165) is 5.56 Å². The quantitative estimate of drug-likeness (QED) is 0.599. The Kier molecular flexibility index (Phi) is 4.75. The number of ketones is 1. The minimum Gasteiger partial charge on any atom is -0.382 e. The molecule has 0 radical (unpaired) electrons. The van der Waals surface area contributed by atoms with Crippen molar-refractivity contribution in [1.82, 2.24) is 15.0 Å². The van der Waals surface area contributed by atoms with Crippen molar-refractivity contribution in [3.8, 4) is 11.3 Å². The second-order valence-electron chi connectivity index (χ2n) is 6.94. The number of hydrogen-bond acceptors (Lipinski definition) is 7. The van der Waals surface area contributed by atoms with Gasteiger partial charge in [-0.2, -0.15) is 0 Å². The van der Waals surface area contributed by atoms with Crippen LogP contribution in [0, 0.1) is 6.92 Å². The maximum absolute atomic E-state index is 12.8. The summed E-state index contributed by atoms with van der Waals surface area (Å²) in [6.45, 7) is 1.87. The Labute approximate surface area is 168 Å². The van der Waals surface area contributed by atoms with Crippen LogP contribution < -0.4 is 10.5 Å². The number of rotatable bonds is 6. The van der Waals surface area contributed by atoms with E-state index in [9.17, 15) is 13.2 Å². The zero-order valence-corrected chi connectivity index (χ0v) is 16.5. The maximum Gasteiger partial charge on any atom is 0.235 e. The Morgan fingerprint density at radius 3 is 2.69 bits per heavy atom. The molecule has 29 heavy (non-hydrogen) atoms. The van der Waals surface area contributed by atoms with Gasteiger partial charge in [0.25, 0.3) is 0 Å². The van der Waals surface area contributed by atoms with Crippen molar-refractivity contribution in [2.75, 3.05) is 10.5 Å². The number of nitrogen functional groups attached to an aromatic ring is 1. The van der Waals surface area contributed by atoms with E-state index in [0.29, 0.717) is 35.3 Å². The van der Waals surface area contributed by atoms with Gasteiger partial charge in [0.1, 0.15) is 0 Å². The minimum absolute atomic E-state index is 0.0193. The molecule has 1 aromatic carbocycles. The van der Waals surface area contributed by atoms with Gasteiger partial charge < -0.3 is 5.73 Å². The van der Waals surface area contributed by atoms with Gasteiger partial charge in [0.2, 0.25) is 15.8 Å². The molecule has 148 valence electrons. The third-order valence-electron chi connectivity index (χ3n) is 4.68. The lowest BCUT2D eigenvalue weighted by molar-refractivity contribution is 0.103. The van der Waals surface area contributed by atoms with Crippen molar-refractivity contribution in [3.05, 3.63) is 65.7 Å². The largest absolute Gasteiger partial charge is 0.382 e. The van der Waals surface area contributed by atoms with Crippen molar-refractivity contribution in [3.63, 3.8) is 0 Å². The highest BCUT2D eigenvalue weighted by Crippen LogP contribution is 2.31. The number of hydrogen-bond donors (Lipinski definition) is 2. The number of carbonyl (C=O) groups excluding carboxylic acids is 1. The fourth-order valence-corrected chi connectivity index (χ4v) is 4.30. The third kappa shape index (κ3) is 3.95. The Morgan fingerprint density at radius 2 is 2.00 bits per heavy atom. The van der Waals surface area contributed by atoms with Crippen molar-refractivity contribution in [2.45, 2.75) is 25.0 Å². The third-order valence-corrected chi connectivity index (χ3v) is 6.55. The Balaban J connectivity index is 1.71. The van der Waals surface area contributed by atoms with Gasteiger partial charge in [-0.05, 0) is 49.6 Å². The van der Waals surface area contributed by atoms with Crippen LogP contribution in [-0.2, 0) is 10.0 Å². The molecule has 8 nitrogen and oxygen atoms in total. The van der Waals surface area contributed by atoms with Gasteiger partial charge in [0, 0.05) is 29.2 Å². The van der Waals surface area contributed by atoms with E-state index in [1.54, 1.807) is 36.5 Å². The molecule has 0 amide bonds. The fraction of sp³-hybridized carbons (Fsp3) is 0.200. The molecule has 0 spiro atoms. The molecule has 2 heterocycles. The number of nitrogens with one attached hydrogen (secondary N) is 1. The number of nitrogens with two attached hydrogens (primary N) is 1. The lowest BCUT2D eigenvalue weighted by Gasteiger charge is -2.12. The van der Waals surface area contributed by atoms with E-state index >= 15 is 0 Å². The topological polar surface area (TPSA) is 128 Å². The van der Waals surface area contributed by atoms with Crippen LogP contribution in [0.4, 0.5) is 11.5 Å². The van der Waals surface area contributed by atoms with Crippen molar-refractivity contribution in [2.24, 2.45) is 0 Å². The van der Waals surface area contributed by atoms with Crippen molar-refractivity contribution in [1.29, 1.82) is 0 Å². The van der Waals surface area contributed by atoms with Gasteiger partial charge in [-0.15, -0.1) is 0 Å². The van der Waals surface area contributed by atoms with Gasteiger partial charge in [-0.1, -0.05) is 6.07 Å². The summed E-state index contributed by atoms with van der Waals surface area (Å²) in [4.78, 5) is 25.2. The molecule has 3 N–H and O–H groups in total. The Morgan fingerprint density at radius 1 is 1.21 bits per heavy atom. The Bertz CT molecular complexity index is 1190. The number of aromatic nitrogens is 3. The van der Waals surface area contributed by atoms with Gasteiger partial charge >= 0.3 is 0 Å². The van der Waals surface area contributed by atoms with Crippen LogP contribution in [0.15, 0.2) is 48.9 Å². The summed E-state index contributed by atoms with van der Waals surface area (Å²) in [7, 11) is -3.38. The number of sulfonamides is 1. The lowest BCUT2D eigenvalue weighted by Crippen LogP contribution is -2.17. The standard InChI is InChI=1S/C20H19N5O3S/c1-12-4-5-14(25-29(27,28)15-6-7-15)9-16(12)17-11-23-20(21)18(24-17)19(26)13-3-2-8-22-10-13/h2-5,8-11,15,25H,6-7H2,1H3,(H2,21,23). The minimum atomic E-state index is -3.38. The number of carbonyl (C=O) groups is 1. The first-order valence-electron chi connectivity index (χ1n) is 9.05. The smallest absolute Gasteiger partial charge is 0.235 e. The second kappa shape index (κ2) is 7.25. The predicted octanol–water partition coefficient (Wildman–Crippen LogP) is 2.56. The van der Waals surface area contributed by atoms with Crippen LogP contribution in [-0.4, -0.2) is 34.4 Å². The van der Waals surface area contributed by atoms with Crippen molar-refractivity contribution >= 4 is 27.3 Å². The summed E-state index contributed by atoms with van der Waals surface area (Å²) in [6.07, 6.45) is 5.83. The maximum atomic E-state index is 12.8. The highest BCUT2D eigenvalue weighted by atomic mass is 32.2. The first kappa shape index (κ1) is 19.0. The molecular formula is C20H19N5O3S. The van der Waals surface area contributed by atoms with Crippen LogP contribution >= 0.6 is 0 Å². The molecule has 1 aliphatic rings. The highest BCUT2D eigenvalue weighted by Gasteiger charge is 2.35. The number of anilines is 2. The van der Waals surface area contributed by atoms with Crippen LogP contribution in [0.1, 0.15) is 34.5 Å². The fourth-order valence-electron chi connectivity index (χ4n) is 2.92. The molecular weight excluding hydrogens is 390 g/mol. The summed E-state index contributed by atoms with van der Waals surface area (Å²) in [5.41, 5.74) is 8.66. The number of pyridine rings is 1. The van der Waals surface area contributed by atoms with Gasteiger partial charge in [-0.25, -0.2) is 18.4 Å². The average Bonchev–Trinajstić information content (AvgIpc) is 3.56. The van der Waals surface area contributed by atoms with Crippen LogP contribution in [0.25, 0.3) is 11.3 Å². The average molecular weight is 409 g/mol. The van der Waals surface area contributed by atoms with Gasteiger partial charge in [0.15, 0.2) is 11.5 Å². The zero-order chi connectivity index (χ0) is 20.6. The summed E-state index contributed by atoms with van der Waals surface area (Å²) < 4.78 is 27.1. The molecule has 0 atom stereocenters. The van der Waals surface area contributed by atoms with Gasteiger partial charge in [0.05, 0.1) is 17.1 Å². The lowest BCUT2D eigenvalue weighted by atomic mass is 10.0. The molecule has 1 aliphatic carbocycles. The summed E-state index contributed by atoms with van der Waals surface area (Å²) >= 11 is 0. The van der Waals surface area contributed by atoms with E-state index in [2.05, 4.69) is 19.7 Å². The van der Waals surface area contributed by atoms with Gasteiger partial charge in [-0.3, -0.25) is 14.5 Å². The summed E-state index contributed by atoms with van der Waals surface area (Å²) in [6, 6.07) is 8.46. The molecule has 9 heteroatoms. The number of aryl methyl sites for hydroxylation is 1. The van der Waals surface area contributed by atoms with E-state index in [1.807, 2.05) is 6.92 Å². The van der Waals surface area contributed by atoms with E-state index < -0.39 is 10.0 Å². The summed E-state index contributed by atoms with van der Waals surface area (Å²) in [5, 5.41) is -0.327. The SMILES string of the molecule is Cc1ccc(NS(=O)(=O)C2CC2)cc1-c1cnc(N)c(C(=O)c2cccnc2)n1. The van der Waals surface area contributed by atoms with Crippen LogP contribution in [0.2, 0.25) is 0 Å².